The van der Waals surface area contributed by atoms with Gasteiger partial charge in [-0.3, -0.25) is 4.79 Å². The molecule has 2 aromatic carbocycles. The van der Waals surface area contributed by atoms with Crippen LogP contribution in [-0.4, -0.2) is 19.1 Å². The Kier molecular flexibility index (Phi) is 5.63. The first-order valence-corrected chi connectivity index (χ1v) is 7.43. The minimum atomic E-state index is -0.0707. The lowest BCUT2D eigenvalue weighted by Crippen LogP contribution is -2.11. The van der Waals surface area contributed by atoms with Crippen LogP contribution in [0.25, 0.3) is 0 Å². The van der Waals surface area contributed by atoms with E-state index in [2.05, 4.69) is 26.6 Å². The number of amides is 1. The quantitative estimate of drug-likeness (QED) is 0.778. The zero-order valence-electron chi connectivity index (χ0n) is 11.7. The molecule has 110 valence electrons. The van der Waals surface area contributed by atoms with E-state index in [1.807, 2.05) is 48.5 Å². The molecule has 0 radical (unpaired) electrons. The maximum absolute atomic E-state index is 10.9. The number of hydrogen-bond donors (Lipinski definition) is 2. The molecule has 4 nitrogen and oxygen atoms in total. The average molecular weight is 349 g/mol. The van der Waals surface area contributed by atoms with Crippen molar-refractivity contribution >= 4 is 33.2 Å². The highest BCUT2D eigenvalue weighted by molar-refractivity contribution is 9.10. The number of ether oxygens (including phenoxy) is 1. The van der Waals surface area contributed by atoms with Crippen LogP contribution in [0.3, 0.4) is 0 Å². The fourth-order valence-corrected chi connectivity index (χ4v) is 2.03. The van der Waals surface area contributed by atoms with E-state index >= 15 is 0 Å². The topological polar surface area (TPSA) is 50.4 Å². The number of carbonyl (C=O) groups excluding carboxylic acids is 1. The van der Waals surface area contributed by atoms with E-state index in [0.29, 0.717) is 13.2 Å². The highest BCUT2D eigenvalue weighted by Gasteiger charge is 1.97. The Morgan fingerprint density at radius 3 is 2.29 bits per heavy atom. The third-order valence-corrected chi connectivity index (χ3v) is 3.25. The lowest BCUT2D eigenvalue weighted by Gasteiger charge is -2.09. The molecule has 2 rings (SSSR count). The van der Waals surface area contributed by atoms with Gasteiger partial charge in [0.1, 0.15) is 12.4 Å². The largest absolute Gasteiger partial charge is 0.492 e. The van der Waals surface area contributed by atoms with Gasteiger partial charge in [0.15, 0.2) is 0 Å². The van der Waals surface area contributed by atoms with Crippen molar-refractivity contribution in [2.75, 3.05) is 23.8 Å². The molecule has 0 atom stereocenters. The molecule has 0 aliphatic heterocycles. The van der Waals surface area contributed by atoms with E-state index in [4.69, 9.17) is 4.74 Å². The molecule has 1 amide bonds. The summed E-state index contributed by atoms with van der Waals surface area (Å²) in [5.74, 6) is 0.777. The zero-order valence-corrected chi connectivity index (χ0v) is 13.3. The number of hydrogen-bond acceptors (Lipinski definition) is 3. The number of halogens is 1. The van der Waals surface area contributed by atoms with E-state index in [0.717, 1.165) is 21.6 Å². The number of benzene rings is 2. The van der Waals surface area contributed by atoms with Crippen molar-refractivity contribution in [1.82, 2.24) is 0 Å². The first-order valence-electron chi connectivity index (χ1n) is 6.63. The van der Waals surface area contributed by atoms with Gasteiger partial charge in [-0.2, -0.15) is 0 Å². The normalized spacial score (nSPS) is 10.0. The van der Waals surface area contributed by atoms with Gasteiger partial charge in [-0.15, -0.1) is 0 Å². The van der Waals surface area contributed by atoms with Crippen LogP contribution >= 0.6 is 15.9 Å². The third kappa shape index (κ3) is 5.47. The second-order valence-corrected chi connectivity index (χ2v) is 5.40. The van der Waals surface area contributed by atoms with Gasteiger partial charge >= 0.3 is 0 Å². The molecule has 0 heterocycles. The smallest absolute Gasteiger partial charge is 0.221 e. The van der Waals surface area contributed by atoms with Gasteiger partial charge in [-0.25, -0.2) is 0 Å². The number of anilines is 2. The monoisotopic (exact) mass is 348 g/mol. The summed E-state index contributed by atoms with van der Waals surface area (Å²) in [4.78, 5) is 10.9. The second kappa shape index (κ2) is 7.69. The summed E-state index contributed by atoms with van der Waals surface area (Å²) in [6.45, 7) is 2.77. The average Bonchev–Trinajstić information content (AvgIpc) is 2.46. The van der Waals surface area contributed by atoms with Crippen LogP contribution in [0.1, 0.15) is 6.92 Å². The molecule has 0 saturated carbocycles. The second-order valence-electron chi connectivity index (χ2n) is 4.49. The van der Waals surface area contributed by atoms with Crippen LogP contribution in [0.2, 0.25) is 0 Å². The summed E-state index contributed by atoms with van der Waals surface area (Å²) in [5.41, 5.74) is 1.78. The molecular weight excluding hydrogens is 332 g/mol. The summed E-state index contributed by atoms with van der Waals surface area (Å²) in [7, 11) is 0. The van der Waals surface area contributed by atoms with E-state index in [1.54, 1.807) is 0 Å². The van der Waals surface area contributed by atoms with Gasteiger partial charge in [0.05, 0.1) is 0 Å². The number of rotatable bonds is 6. The summed E-state index contributed by atoms with van der Waals surface area (Å²) in [5, 5.41) is 5.99. The Balaban J connectivity index is 1.73. The van der Waals surface area contributed by atoms with Crippen LogP contribution in [-0.2, 0) is 4.79 Å². The lowest BCUT2D eigenvalue weighted by molar-refractivity contribution is -0.114. The van der Waals surface area contributed by atoms with Crippen molar-refractivity contribution in [1.29, 1.82) is 0 Å². The fraction of sp³-hybridized carbons (Fsp3) is 0.188. The Morgan fingerprint density at radius 2 is 1.67 bits per heavy atom. The standard InChI is InChI=1S/C16H17BrN2O2/c1-12(20)19-15-6-4-14(5-7-15)18-10-11-21-16-8-2-13(17)3-9-16/h2-9,18H,10-11H2,1H3,(H,19,20). The molecule has 0 saturated heterocycles. The van der Waals surface area contributed by atoms with Crippen LogP contribution in [0.15, 0.2) is 53.0 Å². The fourth-order valence-electron chi connectivity index (χ4n) is 1.77. The molecule has 0 aliphatic carbocycles. The molecule has 0 bridgehead atoms. The predicted octanol–water partition coefficient (Wildman–Crippen LogP) is 3.90. The van der Waals surface area contributed by atoms with Crippen molar-refractivity contribution in [3.05, 3.63) is 53.0 Å². The summed E-state index contributed by atoms with van der Waals surface area (Å²) in [6.07, 6.45) is 0. The summed E-state index contributed by atoms with van der Waals surface area (Å²) < 4.78 is 6.65. The molecular formula is C16H17BrN2O2. The van der Waals surface area contributed by atoms with E-state index in [-0.39, 0.29) is 5.91 Å². The van der Waals surface area contributed by atoms with Gasteiger partial charge in [0.25, 0.3) is 0 Å². The minimum absolute atomic E-state index is 0.0707. The molecule has 0 aromatic heterocycles. The molecule has 5 heteroatoms. The number of carbonyl (C=O) groups is 1. The summed E-state index contributed by atoms with van der Waals surface area (Å²) >= 11 is 3.38. The Bertz CT molecular complexity index is 582. The SMILES string of the molecule is CC(=O)Nc1ccc(NCCOc2ccc(Br)cc2)cc1. The van der Waals surface area contributed by atoms with Crippen molar-refractivity contribution in [2.24, 2.45) is 0 Å². The van der Waals surface area contributed by atoms with Gasteiger partial charge in [0.2, 0.25) is 5.91 Å². The van der Waals surface area contributed by atoms with Gasteiger partial charge in [-0.05, 0) is 48.5 Å². The predicted molar refractivity (Wildman–Crippen MR) is 88.9 cm³/mol. The molecule has 0 aliphatic rings. The number of nitrogens with one attached hydrogen (secondary N) is 2. The molecule has 2 N–H and O–H groups in total. The Labute approximate surface area is 132 Å². The van der Waals surface area contributed by atoms with Gasteiger partial charge in [-0.1, -0.05) is 15.9 Å². The van der Waals surface area contributed by atoms with Crippen LogP contribution in [0.5, 0.6) is 5.75 Å². The molecule has 2 aromatic rings. The zero-order chi connectivity index (χ0) is 15.1. The maximum Gasteiger partial charge on any atom is 0.221 e. The van der Waals surface area contributed by atoms with E-state index < -0.39 is 0 Å². The van der Waals surface area contributed by atoms with Gasteiger partial charge in [0, 0.05) is 29.3 Å². The van der Waals surface area contributed by atoms with E-state index in [1.165, 1.54) is 6.92 Å². The van der Waals surface area contributed by atoms with Gasteiger partial charge < -0.3 is 15.4 Å². The maximum atomic E-state index is 10.9. The highest BCUT2D eigenvalue weighted by atomic mass is 79.9. The first kappa shape index (κ1) is 15.4. The Morgan fingerprint density at radius 1 is 1.05 bits per heavy atom. The van der Waals surface area contributed by atoms with E-state index in [9.17, 15) is 4.79 Å². The molecule has 0 unspecified atom stereocenters. The van der Waals surface area contributed by atoms with Crippen molar-refractivity contribution in [2.45, 2.75) is 6.92 Å². The van der Waals surface area contributed by atoms with Crippen molar-refractivity contribution < 1.29 is 9.53 Å². The third-order valence-electron chi connectivity index (χ3n) is 2.72. The van der Waals surface area contributed by atoms with Crippen molar-refractivity contribution in [3.63, 3.8) is 0 Å². The van der Waals surface area contributed by atoms with Crippen LogP contribution < -0.4 is 15.4 Å². The van der Waals surface area contributed by atoms with Crippen LogP contribution in [0.4, 0.5) is 11.4 Å². The summed E-state index contributed by atoms with van der Waals surface area (Å²) in [6, 6.07) is 15.3. The van der Waals surface area contributed by atoms with Crippen LogP contribution in [0, 0.1) is 0 Å². The molecule has 0 fully saturated rings. The molecule has 21 heavy (non-hydrogen) atoms. The van der Waals surface area contributed by atoms with Crippen molar-refractivity contribution in [3.8, 4) is 5.75 Å². The first-order chi connectivity index (χ1) is 10.1. The minimum Gasteiger partial charge on any atom is -0.492 e. The Hall–Kier alpha value is -2.01. The molecule has 0 spiro atoms. The highest BCUT2D eigenvalue weighted by Crippen LogP contribution is 2.16. The lowest BCUT2D eigenvalue weighted by atomic mass is 10.3.